The van der Waals surface area contributed by atoms with E-state index in [1.807, 2.05) is 41.8 Å². The van der Waals surface area contributed by atoms with Crippen LogP contribution in [0.1, 0.15) is 16.5 Å². The van der Waals surface area contributed by atoms with Gasteiger partial charge in [0.2, 0.25) is 5.91 Å². The van der Waals surface area contributed by atoms with Gasteiger partial charge in [-0.25, -0.2) is 5.43 Å². The second kappa shape index (κ2) is 6.70. The number of thiophene rings is 1. The Morgan fingerprint density at radius 3 is 3.05 bits per heavy atom. The predicted octanol–water partition coefficient (Wildman–Crippen LogP) is 2.59. The van der Waals surface area contributed by atoms with Crippen molar-refractivity contribution in [1.29, 1.82) is 0 Å². The summed E-state index contributed by atoms with van der Waals surface area (Å²) in [6, 6.07) is 12.1. The lowest BCUT2D eigenvalue weighted by molar-refractivity contribution is -0.125. The van der Waals surface area contributed by atoms with Crippen molar-refractivity contribution in [2.45, 2.75) is 12.6 Å². The zero-order valence-electron chi connectivity index (χ0n) is 11.3. The lowest BCUT2D eigenvalue weighted by Gasteiger charge is -2.18. The molecule has 4 nitrogen and oxygen atoms in total. The third-order valence-corrected chi connectivity index (χ3v) is 4.91. The molecule has 3 rings (SSSR count). The molecule has 0 bridgehead atoms. The molecule has 2 heterocycles. The van der Waals surface area contributed by atoms with E-state index < -0.39 is 0 Å². The molecule has 1 aliphatic heterocycles. The number of hydrazine groups is 1. The third kappa shape index (κ3) is 3.52. The third-order valence-electron chi connectivity index (χ3n) is 3.54. The van der Waals surface area contributed by atoms with Gasteiger partial charge < -0.3 is 5.32 Å². The Bertz CT molecular complexity index is 617. The lowest BCUT2D eigenvalue weighted by atomic mass is 9.94. The number of benzene rings is 1. The molecular formula is C15H16BrN3OS. The van der Waals surface area contributed by atoms with Crippen LogP contribution in [0.15, 0.2) is 46.3 Å². The summed E-state index contributed by atoms with van der Waals surface area (Å²) in [4.78, 5) is 13.6. The first-order valence-electron chi connectivity index (χ1n) is 6.78. The van der Waals surface area contributed by atoms with Crippen LogP contribution in [-0.2, 0) is 11.3 Å². The van der Waals surface area contributed by atoms with E-state index in [0.29, 0.717) is 13.1 Å². The van der Waals surface area contributed by atoms with E-state index in [1.165, 1.54) is 4.88 Å². The molecule has 2 aromatic rings. The standard InChI is InChI=1S/C15H16BrN3OS/c16-11-4-1-3-10(7-11)14-13(9-18-19-14)15(20)17-8-12-5-2-6-21-12/h1-7,13-14,18-19H,8-9H2,(H,17,20). The van der Waals surface area contributed by atoms with Crippen molar-refractivity contribution in [3.63, 3.8) is 0 Å². The van der Waals surface area contributed by atoms with Gasteiger partial charge in [0, 0.05) is 15.9 Å². The van der Waals surface area contributed by atoms with Gasteiger partial charge in [0.05, 0.1) is 18.5 Å². The van der Waals surface area contributed by atoms with Gasteiger partial charge in [0.1, 0.15) is 0 Å². The summed E-state index contributed by atoms with van der Waals surface area (Å²) in [5.41, 5.74) is 7.39. The summed E-state index contributed by atoms with van der Waals surface area (Å²) in [5.74, 6) is -0.0369. The number of amides is 1. The molecule has 1 aromatic heterocycles. The first kappa shape index (κ1) is 14.7. The number of carbonyl (C=O) groups is 1. The van der Waals surface area contributed by atoms with Gasteiger partial charge in [0.25, 0.3) is 0 Å². The van der Waals surface area contributed by atoms with Crippen LogP contribution < -0.4 is 16.2 Å². The van der Waals surface area contributed by atoms with Crippen LogP contribution in [0.2, 0.25) is 0 Å². The van der Waals surface area contributed by atoms with Crippen LogP contribution in [0, 0.1) is 5.92 Å². The fourth-order valence-electron chi connectivity index (χ4n) is 2.48. The first-order chi connectivity index (χ1) is 10.2. The molecule has 21 heavy (non-hydrogen) atoms. The monoisotopic (exact) mass is 365 g/mol. The molecule has 1 aromatic carbocycles. The summed E-state index contributed by atoms with van der Waals surface area (Å²) in [5, 5.41) is 5.04. The van der Waals surface area contributed by atoms with Gasteiger partial charge >= 0.3 is 0 Å². The average molecular weight is 366 g/mol. The first-order valence-corrected chi connectivity index (χ1v) is 8.45. The Morgan fingerprint density at radius 1 is 1.38 bits per heavy atom. The van der Waals surface area contributed by atoms with Gasteiger partial charge in [-0.1, -0.05) is 34.1 Å². The molecule has 0 saturated carbocycles. The van der Waals surface area contributed by atoms with Gasteiger partial charge in [0.15, 0.2) is 0 Å². The van der Waals surface area contributed by atoms with Crippen molar-refractivity contribution in [3.8, 4) is 0 Å². The van der Waals surface area contributed by atoms with Gasteiger partial charge in [-0.15, -0.1) is 11.3 Å². The second-order valence-corrected chi connectivity index (χ2v) is 6.91. The van der Waals surface area contributed by atoms with Crippen LogP contribution in [0.25, 0.3) is 0 Å². The van der Waals surface area contributed by atoms with Crippen molar-refractivity contribution >= 4 is 33.2 Å². The SMILES string of the molecule is O=C(NCc1cccs1)C1CNNC1c1cccc(Br)c1. The van der Waals surface area contributed by atoms with E-state index in [4.69, 9.17) is 0 Å². The normalized spacial score (nSPS) is 21.4. The number of halogens is 1. The molecule has 0 aliphatic carbocycles. The molecule has 0 radical (unpaired) electrons. The number of hydrogen-bond donors (Lipinski definition) is 3. The highest BCUT2D eigenvalue weighted by molar-refractivity contribution is 9.10. The Morgan fingerprint density at radius 2 is 2.29 bits per heavy atom. The lowest BCUT2D eigenvalue weighted by Crippen LogP contribution is -2.34. The summed E-state index contributed by atoms with van der Waals surface area (Å²) >= 11 is 5.13. The number of nitrogens with one attached hydrogen (secondary N) is 3. The largest absolute Gasteiger partial charge is 0.351 e. The van der Waals surface area contributed by atoms with Gasteiger partial charge in [-0.3, -0.25) is 10.2 Å². The minimum Gasteiger partial charge on any atom is -0.351 e. The Kier molecular flexibility index (Phi) is 4.70. The topological polar surface area (TPSA) is 53.2 Å². The minimum atomic E-state index is -0.112. The second-order valence-electron chi connectivity index (χ2n) is 4.96. The molecule has 1 saturated heterocycles. The van der Waals surface area contributed by atoms with E-state index in [9.17, 15) is 4.79 Å². The van der Waals surface area contributed by atoms with Crippen LogP contribution in [-0.4, -0.2) is 12.5 Å². The van der Waals surface area contributed by atoms with E-state index in [-0.39, 0.29) is 17.9 Å². The number of carbonyl (C=O) groups excluding carboxylic acids is 1. The Hall–Kier alpha value is -1.21. The maximum atomic E-state index is 12.4. The Balaban J connectivity index is 1.67. The zero-order chi connectivity index (χ0) is 14.7. The van der Waals surface area contributed by atoms with Crippen molar-refractivity contribution in [2.75, 3.05) is 6.54 Å². The molecule has 110 valence electrons. The van der Waals surface area contributed by atoms with Crippen molar-refractivity contribution in [1.82, 2.24) is 16.2 Å². The van der Waals surface area contributed by atoms with Gasteiger partial charge in [-0.05, 0) is 29.1 Å². The summed E-state index contributed by atoms with van der Waals surface area (Å²) in [7, 11) is 0. The predicted molar refractivity (Wildman–Crippen MR) is 87.7 cm³/mol. The molecule has 1 amide bonds. The molecule has 3 N–H and O–H groups in total. The maximum Gasteiger partial charge on any atom is 0.226 e. The van der Waals surface area contributed by atoms with E-state index in [2.05, 4.69) is 32.1 Å². The van der Waals surface area contributed by atoms with E-state index >= 15 is 0 Å². The summed E-state index contributed by atoms with van der Waals surface area (Å²) in [6.45, 7) is 1.23. The quantitative estimate of drug-likeness (QED) is 0.780. The number of hydrogen-bond acceptors (Lipinski definition) is 4. The van der Waals surface area contributed by atoms with Crippen LogP contribution >= 0.6 is 27.3 Å². The van der Waals surface area contributed by atoms with E-state index in [0.717, 1.165) is 10.0 Å². The molecule has 2 unspecified atom stereocenters. The molecule has 1 fully saturated rings. The van der Waals surface area contributed by atoms with Crippen molar-refractivity contribution in [2.24, 2.45) is 5.92 Å². The fraction of sp³-hybridized carbons (Fsp3) is 0.267. The van der Waals surface area contributed by atoms with Crippen LogP contribution in [0.4, 0.5) is 0 Å². The van der Waals surface area contributed by atoms with Gasteiger partial charge in [-0.2, -0.15) is 0 Å². The fourth-order valence-corrected chi connectivity index (χ4v) is 3.54. The smallest absolute Gasteiger partial charge is 0.226 e. The average Bonchev–Trinajstić information content (AvgIpc) is 3.16. The summed E-state index contributed by atoms with van der Waals surface area (Å²) < 4.78 is 1.02. The van der Waals surface area contributed by atoms with Crippen LogP contribution in [0.3, 0.4) is 0 Å². The van der Waals surface area contributed by atoms with Crippen LogP contribution in [0.5, 0.6) is 0 Å². The molecule has 2 atom stereocenters. The molecule has 6 heteroatoms. The summed E-state index contributed by atoms with van der Waals surface area (Å²) in [6.07, 6.45) is 0. The molecular weight excluding hydrogens is 350 g/mol. The minimum absolute atomic E-state index is 0.00849. The highest BCUT2D eigenvalue weighted by Crippen LogP contribution is 2.27. The number of rotatable bonds is 4. The molecule has 1 aliphatic rings. The van der Waals surface area contributed by atoms with E-state index in [1.54, 1.807) is 11.3 Å². The van der Waals surface area contributed by atoms with Crippen molar-refractivity contribution in [3.05, 3.63) is 56.7 Å². The highest BCUT2D eigenvalue weighted by Gasteiger charge is 2.33. The highest BCUT2D eigenvalue weighted by atomic mass is 79.9. The molecule has 0 spiro atoms. The maximum absolute atomic E-state index is 12.4. The van der Waals surface area contributed by atoms with Crippen molar-refractivity contribution < 1.29 is 4.79 Å². The zero-order valence-corrected chi connectivity index (χ0v) is 13.7. The Labute approximate surface area is 136 Å².